The van der Waals surface area contributed by atoms with Crippen LogP contribution in [0, 0.1) is 0 Å². The highest BCUT2D eigenvalue weighted by Gasteiger charge is 2.08. The van der Waals surface area contributed by atoms with Gasteiger partial charge in [0.2, 0.25) is 0 Å². The molecule has 0 spiro atoms. The van der Waals surface area contributed by atoms with E-state index in [1.807, 2.05) is 0 Å². The van der Waals surface area contributed by atoms with Gasteiger partial charge in [-0.25, -0.2) is 4.79 Å². The lowest BCUT2D eigenvalue weighted by Gasteiger charge is -2.07. The first-order chi connectivity index (χ1) is 9.97. The van der Waals surface area contributed by atoms with Crippen molar-refractivity contribution < 1.29 is 14.7 Å². The Bertz CT molecular complexity index is 703. The predicted octanol–water partition coefficient (Wildman–Crippen LogP) is 3.73. The zero-order chi connectivity index (χ0) is 15.4. The number of carboxylic acids is 1. The minimum absolute atomic E-state index is 0.188. The summed E-state index contributed by atoms with van der Waals surface area (Å²) in [4.78, 5) is 22.9. The summed E-state index contributed by atoms with van der Waals surface area (Å²) in [6, 6.07) is 11.3. The van der Waals surface area contributed by atoms with Crippen molar-refractivity contribution in [3.05, 3.63) is 68.7 Å². The standard InChI is InChI=1S/C15H11BrClNO3/c16-12-5-4-10(7-13(12)17)14(19)18-8-9-2-1-3-11(6-9)15(20)21/h1-7H,8H2,(H,18,19)(H,20,21). The first-order valence-corrected chi connectivity index (χ1v) is 7.20. The minimum atomic E-state index is -0.997. The number of aromatic carboxylic acids is 1. The molecule has 2 rings (SSSR count). The molecule has 0 aromatic heterocycles. The van der Waals surface area contributed by atoms with Gasteiger partial charge >= 0.3 is 5.97 Å². The normalized spacial score (nSPS) is 10.2. The van der Waals surface area contributed by atoms with Crippen LogP contribution in [0.15, 0.2) is 46.9 Å². The smallest absolute Gasteiger partial charge is 0.335 e. The summed E-state index contributed by atoms with van der Waals surface area (Å²) in [5, 5.41) is 12.1. The largest absolute Gasteiger partial charge is 0.478 e. The van der Waals surface area contributed by atoms with Crippen molar-refractivity contribution >= 4 is 39.4 Å². The monoisotopic (exact) mass is 367 g/mol. The molecular weight excluding hydrogens is 358 g/mol. The van der Waals surface area contributed by atoms with Gasteiger partial charge in [0.15, 0.2) is 0 Å². The first kappa shape index (κ1) is 15.5. The van der Waals surface area contributed by atoms with Gasteiger partial charge in [0, 0.05) is 16.6 Å². The summed E-state index contributed by atoms with van der Waals surface area (Å²) < 4.78 is 0.717. The number of halogens is 2. The molecule has 21 heavy (non-hydrogen) atoms. The quantitative estimate of drug-likeness (QED) is 0.864. The first-order valence-electron chi connectivity index (χ1n) is 6.03. The minimum Gasteiger partial charge on any atom is -0.478 e. The fourth-order valence-corrected chi connectivity index (χ4v) is 2.16. The maximum atomic E-state index is 12.0. The van der Waals surface area contributed by atoms with Crippen LogP contribution in [-0.2, 0) is 6.54 Å². The lowest BCUT2D eigenvalue weighted by atomic mass is 10.1. The van der Waals surface area contributed by atoms with Crippen LogP contribution in [0.1, 0.15) is 26.3 Å². The Morgan fingerprint density at radius 3 is 2.57 bits per heavy atom. The van der Waals surface area contributed by atoms with Crippen LogP contribution >= 0.6 is 27.5 Å². The highest BCUT2D eigenvalue weighted by Crippen LogP contribution is 2.23. The third kappa shape index (κ3) is 4.06. The Kier molecular flexibility index (Phi) is 4.98. The van der Waals surface area contributed by atoms with Crippen molar-refractivity contribution in [2.24, 2.45) is 0 Å². The van der Waals surface area contributed by atoms with E-state index in [0.717, 1.165) is 4.47 Å². The third-order valence-electron chi connectivity index (χ3n) is 2.81. The molecule has 2 aromatic carbocycles. The Hall–Kier alpha value is -1.85. The number of hydrogen-bond donors (Lipinski definition) is 2. The van der Waals surface area contributed by atoms with Gasteiger partial charge in [-0.3, -0.25) is 4.79 Å². The van der Waals surface area contributed by atoms with Crippen LogP contribution in [0.5, 0.6) is 0 Å². The highest BCUT2D eigenvalue weighted by atomic mass is 79.9. The molecular formula is C15H11BrClNO3. The number of rotatable bonds is 4. The van der Waals surface area contributed by atoms with Crippen LogP contribution < -0.4 is 5.32 Å². The highest BCUT2D eigenvalue weighted by molar-refractivity contribution is 9.10. The molecule has 0 unspecified atom stereocenters. The molecule has 0 aliphatic rings. The number of benzene rings is 2. The number of nitrogens with one attached hydrogen (secondary N) is 1. The predicted molar refractivity (Wildman–Crippen MR) is 83.7 cm³/mol. The van der Waals surface area contributed by atoms with E-state index in [1.54, 1.807) is 30.3 Å². The van der Waals surface area contributed by atoms with Crippen LogP contribution in [0.4, 0.5) is 0 Å². The van der Waals surface area contributed by atoms with Crippen molar-refractivity contribution in [3.63, 3.8) is 0 Å². The van der Waals surface area contributed by atoms with Gasteiger partial charge in [-0.2, -0.15) is 0 Å². The van der Waals surface area contributed by atoms with Gasteiger partial charge in [0.05, 0.1) is 10.6 Å². The zero-order valence-electron chi connectivity index (χ0n) is 10.8. The molecule has 6 heteroatoms. The molecule has 2 N–H and O–H groups in total. The SMILES string of the molecule is O=C(O)c1cccc(CNC(=O)c2ccc(Br)c(Cl)c2)c1. The molecule has 0 saturated heterocycles. The molecule has 0 bridgehead atoms. The Morgan fingerprint density at radius 1 is 1.14 bits per heavy atom. The van der Waals surface area contributed by atoms with E-state index >= 15 is 0 Å². The Balaban J connectivity index is 2.05. The molecule has 0 radical (unpaired) electrons. The van der Waals surface area contributed by atoms with Crippen molar-refractivity contribution in [2.45, 2.75) is 6.54 Å². The van der Waals surface area contributed by atoms with Crippen LogP contribution in [0.3, 0.4) is 0 Å². The fraction of sp³-hybridized carbons (Fsp3) is 0.0667. The van der Waals surface area contributed by atoms with Crippen molar-refractivity contribution in [1.29, 1.82) is 0 Å². The molecule has 0 saturated carbocycles. The number of carbonyl (C=O) groups excluding carboxylic acids is 1. The summed E-state index contributed by atoms with van der Waals surface area (Å²) in [5.41, 5.74) is 1.34. The third-order valence-corrected chi connectivity index (χ3v) is 4.04. The fourth-order valence-electron chi connectivity index (χ4n) is 1.74. The van der Waals surface area contributed by atoms with Gasteiger partial charge < -0.3 is 10.4 Å². The molecule has 4 nitrogen and oxygen atoms in total. The molecule has 1 amide bonds. The second-order valence-corrected chi connectivity index (χ2v) is 5.58. The zero-order valence-corrected chi connectivity index (χ0v) is 13.1. The molecule has 0 heterocycles. The van der Waals surface area contributed by atoms with Crippen LogP contribution in [-0.4, -0.2) is 17.0 Å². The van der Waals surface area contributed by atoms with E-state index in [4.69, 9.17) is 16.7 Å². The van der Waals surface area contributed by atoms with Gasteiger partial charge in [0.1, 0.15) is 0 Å². The van der Waals surface area contributed by atoms with Crippen LogP contribution in [0.2, 0.25) is 5.02 Å². The van der Waals surface area contributed by atoms with Crippen LogP contribution in [0.25, 0.3) is 0 Å². The second kappa shape index (κ2) is 6.74. The van der Waals surface area contributed by atoms with E-state index in [1.165, 1.54) is 12.1 Å². The average Bonchev–Trinajstić information content (AvgIpc) is 2.48. The number of carbonyl (C=O) groups is 2. The van der Waals surface area contributed by atoms with Gasteiger partial charge in [-0.1, -0.05) is 23.7 Å². The molecule has 108 valence electrons. The summed E-state index contributed by atoms with van der Waals surface area (Å²) in [5.74, 6) is -1.27. The Morgan fingerprint density at radius 2 is 1.90 bits per heavy atom. The summed E-state index contributed by atoms with van der Waals surface area (Å²) in [6.07, 6.45) is 0. The molecule has 0 aliphatic carbocycles. The molecule has 0 atom stereocenters. The van der Waals surface area contributed by atoms with E-state index in [2.05, 4.69) is 21.2 Å². The van der Waals surface area contributed by atoms with Gasteiger partial charge in [-0.05, 0) is 51.8 Å². The van der Waals surface area contributed by atoms with E-state index in [9.17, 15) is 9.59 Å². The summed E-state index contributed by atoms with van der Waals surface area (Å²) in [6.45, 7) is 0.244. The van der Waals surface area contributed by atoms with Gasteiger partial charge in [-0.15, -0.1) is 0 Å². The number of amides is 1. The topological polar surface area (TPSA) is 66.4 Å². The summed E-state index contributed by atoms with van der Waals surface area (Å²) in [7, 11) is 0. The molecule has 2 aromatic rings. The maximum absolute atomic E-state index is 12.0. The van der Waals surface area contributed by atoms with Crippen molar-refractivity contribution in [2.75, 3.05) is 0 Å². The van der Waals surface area contributed by atoms with Crippen molar-refractivity contribution in [3.8, 4) is 0 Å². The molecule has 0 aliphatic heterocycles. The van der Waals surface area contributed by atoms with Crippen molar-refractivity contribution in [1.82, 2.24) is 5.32 Å². The second-order valence-electron chi connectivity index (χ2n) is 4.32. The lowest BCUT2D eigenvalue weighted by molar-refractivity contribution is 0.0696. The van der Waals surface area contributed by atoms with E-state index in [0.29, 0.717) is 16.1 Å². The van der Waals surface area contributed by atoms with E-state index in [-0.39, 0.29) is 18.0 Å². The number of carboxylic acid groups (broad SMARTS) is 1. The molecule has 0 fully saturated rings. The van der Waals surface area contributed by atoms with Gasteiger partial charge in [0.25, 0.3) is 5.91 Å². The average molecular weight is 369 g/mol. The maximum Gasteiger partial charge on any atom is 0.335 e. The Labute approximate surface area is 134 Å². The number of hydrogen-bond acceptors (Lipinski definition) is 2. The van der Waals surface area contributed by atoms with E-state index < -0.39 is 5.97 Å². The lowest BCUT2D eigenvalue weighted by Crippen LogP contribution is -2.22. The summed E-state index contributed by atoms with van der Waals surface area (Å²) >= 11 is 9.19.